The third-order valence-corrected chi connectivity index (χ3v) is 5.73. The van der Waals surface area contributed by atoms with Crippen molar-refractivity contribution in [3.63, 3.8) is 0 Å². The second-order valence-electron chi connectivity index (χ2n) is 4.77. The highest BCUT2D eigenvalue weighted by Gasteiger charge is 2.26. The largest absolute Gasteiger partial charge is 0.497 e. The lowest BCUT2D eigenvalue weighted by Gasteiger charge is -2.23. The molecule has 1 aliphatic rings. The average Bonchev–Trinajstić information content (AvgIpc) is 2.38. The third kappa shape index (κ3) is 3.73. The topological polar surface area (TPSA) is 72.5 Å². The van der Waals surface area contributed by atoms with E-state index in [0.29, 0.717) is 28.6 Å². The standard InChI is InChI=1S/C13H16BrNO4S/c1-19-10-4-5-12(14)11(7-10)13(16)15-9-3-2-6-20(17,18)8-9/h4-5,7,9H,2-3,6,8H2,1H3,(H,15,16)/t9-/m1/s1. The fraction of sp³-hybridized carbons (Fsp3) is 0.462. The van der Waals surface area contributed by atoms with E-state index in [2.05, 4.69) is 21.2 Å². The second kappa shape index (κ2) is 6.13. The number of rotatable bonds is 3. The number of carbonyl (C=O) groups excluding carboxylic acids is 1. The number of carbonyl (C=O) groups is 1. The van der Waals surface area contributed by atoms with Crippen LogP contribution in [0.3, 0.4) is 0 Å². The average molecular weight is 362 g/mol. The summed E-state index contributed by atoms with van der Waals surface area (Å²) in [5, 5.41) is 2.78. The Balaban J connectivity index is 2.12. The minimum atomic E-state index is -3.03. The molecule has 0 bridgehead atoms. The predicted molar refractivity (Wildman–Crippen MR) is 79.8 cm³/mol. The van der Waals surface area contributed by atoms with Gasteiger partial charge in [0.25, 0.3) is 5.91 Å². The summed E-state index contributed by atoms with van der Waals surface area (Å²) < 4.78 is 28.9. The van der Waals surface area contributed by atoms with Gasteiger partial charge < -0.3 is 10.1 Å². The van der Waals surface area contributed by atoms with Crippen molar-refractivity contribution in [3.05, 3.63) is 28.2 Å². The van der Waals surface area contributed by atoms with Gasteiger partial charge >= 0.3 is 0 Å². The monoisotopic (exact) mass is 361 g/mol. The quantitative estimate of drug-likeness (QED) is 0.890. The zero-order valence-corrected chi connectivity index (χ0v) is 13.5. The highest BCUT2D eigenvalue weighted by atomic mass is 79.9. The molecule has 20 heavy (non-hydrogen) atoms. The molecule has 1 aliphatic heterocycles. The first kappa shape index (κ1) is 15.3. The zero-order valence-electron chi connectivity index (χ0n) is 11.1. The molecule has 1 aromatic rings. The summed E-state index contributed by atoms with van der Waals surface area (Å²) in [6, 6.07) is 4.77. The molecule has 7 heteroatoms. The Hall–Kier alpha value is -1.08. The summed E-state index contributed by atoms with van der Waals surface area (Å²) in [6.07, 6.45) is 1.28. The van der Waals surface area contributed by atoms with Crippen molar-refractivity contribution in [3.8, 4) is 5.75 Å². The summed E-state index contributed by atoms with van der Waals surface area (Å²) in [7, 11) is -1.51. The van der Waals surface area contributed by atoms with E-state index < -0.39 is 9.84 Å². The van der Waals surface area contributed by atoms with Crippen LogP contribution in [0, 0.1) is 0 Å². The Morgan fingerprint density at radius 2 is 2.20 bits per heavy atom. The summed E-state index contributed by atoms with van der Waals surface area (Å²) in [5.41, 5.74) is 0.437. The van der Waals surface area contributed by atoms with Crippen molar-refractivity contribution in [1.29, 1.82) is 0 Å². The van der Waals surface area contributed by atoms with Crippen LogP contribution in [0.4, 0.5) is 0 Å². The van der Waals surface area contributed by atoms with E-state index in [0.717, 1.165) is 0 Å². The number of sulfone groups is 1. The molecule has 1 atom stereocenters. The van der Waals surface area contributed by atoms with Gasteiger partial charge in [-0.1, -0.05) is 0 Å². The van der Waals surface area contributed by atoms with Crippen molar-refractivity contribution in [2.75, 3.05) is 18.6 Å². The lowest BCUT2D eigenvalue weighted by atomic mass is 10.1. The molecule has 0 radical (unpaired) electrons. The number of hydrogen-bond donors (Lipinski definition) is 1. The van der Waals surface area contributed by atoms with Gasteiger partial charge in [0, 0.05) is 10.5 Å². The van der Waals surface area contributed by atoms with E-state index in [-0.39, 0.29) is 23.5 Å². The van der Waals surface area contributed by atoms with Crippen molar-refractivity contribution in [1.82, 2.24) is 5.32 Å². The van der Waals surface area contributed by atoms with Crippen LogP contribution < -0.4 is 10.1 Å². The van der Waals surface area contributed by atoms with Gasteiger partial charge in [-0.15, -0.1) is 0 Å². The highest BCUT2D eigenvalue weighted by Crippen LogP contribution is 2.23. The number of amides is 1. The first-order chi connectivity index (χ1) is 9.41. The molecule has 0 spiro atoms. The van der Waals surface area contributed by atoms with E-state index in [1.807, 2.05) is 0 Å². The molecule has 110 valence electrons. The molecule has 0 unspecified atom stereocenters. The summed E-state index contributed by atoms with van der Waals surface area (Å²) in [4.78, 5) is 12.2. The van der Waals surface area contributed by atoms with Gasteiger partial charge in [0.15, 0.2) is 9.84 Å². The molecule has 1 heterocycles. The number of hydrogen-bond acceptors (Lipinski definition) is 4. The van der Waals surface area contributed by atoms with Gasteiger partial charge in [0.1, 0.15) is 5.75 Å². The minimum absolute atomic E-state index is 0.0142. The van der Waals surface area contributed by atoms with Gasteiger partial charge in [0.05, 0.1) is 24.2 Å². The third-order valence-electron chi connectivity index (χ3n) is 3.22. The SMILES string of the molecule is COc1ccc(Br)c(C(=O)N[C@@H]2CCCS(=O)(=O)C2)c1. The number of benzene rings is 1. The first-order valence-corrected chi connectivity index (χ1v) is 8.87. The van der Waals surface area contributed by atoms with Crippen LogP contribution in [0.15, 0.2) is 22.7 Å². The molecular weight excluding hydrogens is 346 g/mol. The lowest BCUT2D eigenvalue weighted by molar-refractivity contribution is 0.0937. The van der Waals surface area contributed by atoms with Crippen LogP contribution in [-0.2, 0) is 9.84 Å². The Labute approximate surface area is 126 Å². The molecular formula is C13H16BrNO4S. The number of halogens is 1. The molecule has 5 nitrogen and oxygen atoms in total. The van der Waals surface area contributed by atoms with Crippen molar-refractivity contribution < 1.29 is 17.9 Å². The van der Waals surface area contributed by atoms with Crippen molar-refractivity contribution in [2.24, 2.45) is 0 Å². The van der Waals surface area contributed by atoms with E-state index in [9.17, 15) is 13.2 Å². The molecule has 1 aromatic carbocycles. The number of nitrogens with one attached hydrogen (secondary N) is 1. The zero-order chi connectivity index (χ0) is 14.8. The highest BCUT2D eigenvalue weighted by molar-refractivity contribution is 9.10. The smallest absolute Gasteiger partial charge is 0.252 e. The summed E-state index contributed by atoms with van der Waals surface area (Å²) >= 11 is 3.31. The minimum Gasteiger partial charge on any atom is -0.497 e. The Kier molecular flexibility index (Phi) is 4.70. The molecule has 1 saturated heterocycles. The van der Waals surface area contributed by atoms with Crippen LogP contribution in [0.1, 0.15) is 23.2 Å². The van der Waals surface area contributed by atoms with Gasteiger partial charge in [-0.25, -0.2) is 8.42 Å². The Morgan fingerprint density at radius 1 is 1.45 bits per heavy atom. The van der Waals surface area contributed by atoms with E-state index in [1.165, 1.54) is 7.11 Å². The maximum atomic E-state index is 12.2. The van der Waals surface area contributed by atoms with Crippen LogP contribution in [0.5, 0.6) is 5.75 Å². The summed E-state index contributed by atoms with van der Waals surface area (Å²) in [5.74, 6) is 0.509. The maximum Gasteiger partial charge on any atom is 0.252 e. The van der Waals surface area contributed by atoms with E-state index >= 15 is 0 Å². The van der Waals surface area contributed by atoms with Crippen molar-refractivity contribution in [2.45, 2.75) is 18.9 Å². The molecule has 1 fully saturated rings. The van der Waals surface area contributed by atoms with Crippen LogP contribution in [-0.4, -0.2) is 39.0 Å². The first-order valence-electron chi connectivity index (χ1n) is 6.26. The predicted octanol–water partition coefficient (Wildman–Crippen LogP) is 1.76. The molecule has 2 rings (SSSR count). The van der Waals surface area contributed by atoms with Crippen LogP contribution in [0.25, 0.3) is 0 Å². The molecule has 0 saturated carbocycles. The van der Waals surface area contributed by atoms with E-state index in [1.54, 1.807) is 18.2 Å². The second-order valence-corrected chi connectivity index (χ2v) is 7.86. The molecule has 0 aliphatic carbocycles. The van der Waals surface area contributed by atoms with Gasteiger partial charge in [0.2, 0.25) is 0 Å². The normalized spacial score (nSPS) is 21.2. The van der Waals surface area contributed by atoms with Crippen LogP contribution >= 0.6 is 15.9 Å². The maximum absolute atomic E-state index is 12.2. The molecule has 1 amide bonds. The fourth-order valence-corrected chi connectivity index (χ4v) is 4.27. The van der Waals surface area contributed by atoms with Crippen molar-refractivity contribution >= 4 is 31.7 Å². The summed E-state index contributed by atoms with van der Waals surface area (Å²) in [6.45, 7) is 0. The Morgan fingerprint density at radius 3 is 2.85 bits per heavy atom. The lowest BCUT2D eigenvalue weighted by Crippen LogP contribution is -2.43. The van der Waals surface area contributed by atoms with Gasteiger partial charge in [-0.2, -0.15) is 0 Å². The van der Waals surface area contributed by atoms with Gasteiger partial charge in [-0.3, -0.25) is 4.79 Å². The molecule has 0 aromatic heterocycles. The Bertz CT molecular complexity index is 615. The molecule has 1 N–H and O–H groups in total. The van der Waals surface area contributed by atoms with Gasteiger partial charge in [-0.05, 0) is 47.0 Å². The fourth-order valence-electron chi connectivity index (χ4n) is 2.21. The number of ether oxygens (including phenoxy) is 1. The van der Waals surface area contributed by atoms with Crippen LogP contribution in [0.2, 0.25) is 0 Å². The number of methoxy groups -OCH3 is 1. The van der Waals surface area contributed by atoms with E-state index in [4.69, 9.17) is 4.74 Å².